The Balaban J connectivity index is 2.09. The number of carbonyl (C=O) groups is 2. The van der Waals surface area contributed by atoms with Crippen molar-refractivity contribution in [1.29, 1.82) is 0 Å². The van der Waals surface area contributed by atoms with Gasteiger partial charge in [-0.25, -0.2) is 0 Å². The van der Waals surface area contributed by atoms with Crippen molar-refractivity contribution >= 4 is 11.8 Å². The Morgan fingerprint density at radius 2 is 2.05 bits per heavy atom. The number of nitrogens with one attached hydrogen (secondary N) is 1. The topological polar surface area (TPSA) is 58.6 Å². The Morgan fingerprint density at radius 1 is 1.37 bits per heavy atom. The number of rotatable bonds is 6. The summed E-state index contributed by atoms with van der Waals surface area (Å²) in [5.41, 5.74) is 0. The normalized spacial score (nSPS) is 29.3. The van der Waals surface area contributed by atoms with Crippen LogP contribution in [0.1, 0.15) is 40.0 Å². The van der Waals surface area contributed by atoms with Gasteiger partial charge in [-0.3, -0.25) is 9.59 Å². The van der Waals surface area contributed by atoms with Crippen LogP contribution in [0.3, 0.4) is 0 Å². The molecule has 1 N–H and O–H groups in total. The van der Waals surface area contributed by atoms with Crippen molar-refractivity contribution in [3.05, 3.63) is 0 Å². The molecule has 0 aromatic carbocycles. The fourth-order valence-electron chi connectivity index (χ4n) is 2.77. The molecular formula is C14H24N2O3. The molecule has 0 radical (unpaired) electrons. The molecule has 1 heterocycles. The fraction of sp³-hybridized carbons (Fsp3) is 0.857. The van der Waals surface area contributed by atoms with E-state index in [2.05, 4.69) is 5.32 Å². The van der Waals surface area contributed by atoms with Crippen molar-refractivity contribution in [3.8, 4) is 0 Å². The number of amides is 2. The highest BCUT2D eigenvalue weighted by Gasteiger charge is 2.46. The minimum atomic E-state index is -0.342. The Hall–Kier alpha value is -1.10. The SMILES string of the molecule is CCOC(C)CN1C(=O)C(C2CC2)NC(=O)C1CC. The average molecular weight is 268 g/mol. The van der Waals surface area contributed by atoms with E-state index in [4.69, 9.17) is 4.74 Å². The lowest BCUT2D eigenvalue weighted by atomic mass is 10.0. The quantitative estimate of drug-likeness (QED) is 0.779. The molecule has 19 heavy (non-hydrogen) atoms. The number of carbonyl (C=O) groups excluding carboxylic acids is 2. The van der Waals surface area contributed by atoms with Crippen LogP contribution in [-0.4, -0.2) is 48.1 Å². The number of hydrogen-bond acceptors (Lipinski definition) is 3. The van der Waals surface area contributed by atoms with E-state index in [1.807, 2.05) is 20.8 Å². The van der Waals surface area contributed by atoms with E-state index in [9.17, 15) is 9.59 Å². The molecule has 0 aromatic heterocycles. The van der Waals surface area contributed by atoms with Crippen molar-refractivity contribution < 1.29 is 14.3 Å². The molecular weight excluding hydrogens is 244 g/mol. The highest BCUT2D eigenvalue weighted by Crippen LogP contribution is 2.35. The minimum absolute atomic E-state index is 0.0114. The Kier molecular flexibility index (Phi) is 4.45. The third kappa shape index (κ3) is 3.08. The van der Waals surface area contributed by atoms with Crippen molar-refractivity contribution in [1.82, 2.24) is 10.2 Å². The number of nitrogens with zero attached hydrogens (tertiary/aromatic N) is 1. The van der Waals surface area contributed by atoms with Gasteiger partial charge in [-0.1, -0.05) is 6.92 Å². The molecule has 1 aliphatic carbocycles. The van der Waals surface area contributed by atoms with E-state index in [0.717, 1.165) is 12.8 Å². The van der Waals surface area contributed by atoms with Crippen molar-refractivity contribution in [2.24, 2.45) is 5.92 Å². The van der Waals surface area contributed by atoms with Gasteiger partial charge in [0.25, 0.3) is 0 Å². The number of ether oxygens (including phenoxy) is 1. The van der Waals surface area contributed by atoms with Crippen LogP contribution in [0.4, 0.5) is 0 Å². The summed E-state index contributed by atoms with van der Waals surface area (Å²) in [5.74, 6) is 0.405. The molecule has 108 valence electrons. The van der Waals surface area contributed by atoms with E-state index < -0.39 is 0 Å². The highest BCUT2D eigenvalue weighted by molar-refractivity contribution is 5.97. The predicted molar refractivity (Wildman–Crippen MR) is 71.5 cm³/mol. The summed E-state index contributed by atoms with van der Waals surface area (Å²) in [5, 5.41) is 2.89. The summed E-state index contributed by atoms with van der Waals surface area (Å²) in [6.07, 6.45) is 2.70. The number of piperazine rings is 1. The van der Waals surface area contributed by atoms with Crippen LogP contribution in [-0.2, 0) is 14.3 Å². The largest absolute Gasteiger partial charge is 0.377 e. The van der Waals surface area contributed by atoms with Gasteiger partial charge in [0.15, 0.2) is 0 Å². The van der Waals surface area contributed by atoms with Crippen LogP contribution < -0.4 is 5.32 Å². The van der Waals surface area contributed by atoms with E-state index >= 15 is 0 Å². The first-order valence-electron chi connectivity index (χ1n) is 7.30. The first-order valence-corrected chi connectivity index (χ1v) is 7.30. The highest BCUT2D eigenvalue weighted by atomic mass is 16.5. The molecule has 3 atom stereocenters. The van der Waals surface area contributed by atoms with Gasteiger partial charge in [0, 0.05) is 13.2 Å². The van der Waals surface area contributed by atoms with Crippen LogP contribution in [0, 0.1) is 5.92 Å². The molecule has 5 nitrogen and oxygen atoms in total. The molecule has 1 saturated carbocycles. The summed E-state index contributed by atoms with van der Waals surface area (Å²) in [6, 6.07) is -0.644. The third-order valence-electron chi connectivity index (χ3n) is 3.91. The Labute approximate surface area is 114 Å². The summed E-state index contributed by atoms with van der Waals surface area (Å²) < 4.78 is 5.51. The van der Waals surface area contributed by atoms with Gasteiger partial charge in [-0.2, -0.15) is 0 Å². The molecule has 2 fully saturated rings. The van der Waals surface area contributed by atoms with E-state index in [0.29, 0.717) is 25.5 Å². The van der Waals surface area contributed by atoms with Gasteiger partial charge in [-0.05, 0) is 39.0 Å². The molecule has 0 aromatic rings. The summed E-state index contributed by atoms with van der Waals surface area (Å²) in [6.45, 7) is 6.95. The van der Waals surface area contributed by atoms with Gasteiger partial charge < -0.3 is 15.0 Å². The van der Waals surface area contributed by atoms with E-state index in [1.165, 1.54) is 0 Å². The van der Waals surface area contributed by atoms with Crippen LogP contribution in [0.5, 0.6) is 0 Å². The molecule has 2 amide bonds. The smallest absolute Gasteiger partial charge is 0.246 e. The summed E-state index contributed by atoms with van der Waals surface area (Å²) >= 11 is 0. The zero-order valence-corrected chi connectivity index (χ0v) is 12.0. The second-order valence-corrected chi connectivity index (χ2v) is 5.50. The second kappa shape index (κ2) is 5.90. The zero-order valence-electron chi connectivity index (χ0n) is 12.0. The van der Waals surface area contributed by atoms with Crippen LogP contribution in [0.15, 0.2) is 0 Å². The van der Waals surface area contributed by atoms with Gasteiger partial charge in [0.1, 0.15) is 12.1 Å². The Bertz CT molecular complexity index is 355. The third-order valence-corrected chi connectivity index (χ3v) is 3.91. The second-order valence-electron chi connectivity index (χ2n) is 5.50. The van der Waals surface area contributed by atoms with Crippen molar-refractivity contribution in [2.45, 2.75) is 58.2 Å². The molecule has 0 bridgehead atoms. The van der Waals surface area contributed by atoms with Gasteiger partial charge in [0.05, 0.1) is 6.10 Å². The van der Waals surface area contributed by atoms with Crippen LogP contribution >= 0.6 is 0 Å². The first-order chi connectivity index (χ1) is 9.08. The average Bonchev–Trinajstić information content (AvgIpc) is 3.18. The lowest BCUT2D eigenvalue weighted by Crippen LogP contribution is -2.64. The van der Waals surface area contributed by atoms with Crippen molar-refractivity contribution in [3.63, 3.8) is 0 Å². The van der Waals surface area contributed by atoms with Gasteiger partial charge in [0.2, 0.25) is 11.8 Å². The standard InChI is InChI=1S/C14H24N2O3/c1-4-11-13(17)15-12(10-6-7-10)14(18)16(11)8-9(3)19-5-2/h9-12H,4-8H2,1-3H3,(H,15,17). The predicted octanol–water partition coefficient (Wildman–Crippen LogP) is 0.927. The molecule has 2 aliphatic rings. The molecule has 2 rings (SSSR count). The molecule has 1 saturated heterocycles. The molecule has 1 aliphatic heterocycles. The Morgan fingerprint density at radius 3 is 2.58 bits per heavy atom. The molecule has 0 spiro atoms. The maximum atomic E-state index is 12.5. The van der Waals surface area contributed by atoms with E-state index in [-0.39, 0.29) is 30.0 Å². The lowest BCUT2D eigenvalue weighted by molar-refractivity contribution is -0.152. The maximum Gasteiger partial charge on any atom is 0.246 e. The number of hydrogen-bond donors (Lipinski definition) is 1. The zero-order chi connectivity index (χ0) is 14.0. The molecule has 5 heteroatoms. The van der Waals surface area contributed by atoms with Gasteiger partial charge in [-0.15, -0.1) is 0 Å². The fourth-order valence-corrected chi connectivity index (χ4v) is 2.77. The monoisotopic (exact) mass is 268 g/mol. The summed E-state index contributed by atoms with van der Waals surface area (Å²) in [7, 11) is 0. The van der Waals surface area contributed by atoms with Crippen molar-refractivity contribution in [2.75, 3.05) is 13.2 Å². The first kappa shape index (κ1) is 14.3. The summed E-state index contributed by atoms with van der Waals surface area (Å²) in [4.78, 5) is 26.4. The van der Waals surface area contributed by atoms with E-state index in [1.54, 1.807) is 4.90 Å². The van der Waals surface area contributed by atoms with Gasteiger partial charge >= 0.3 is 0 Å². The van der Waals surface area contributed by atoms with Crippen LogP contribution in [0.2, 0.25) is 0 Å². The molecule has 3 unspecified atom stereocenters. The maximum absolute atomic E-state index is 12.5. The van der Waals surface area contributed by atoms with Crippen LogP contribution in [0.25, 0.3) is 0 Å². The minimum Gasteiger partial charge on any atom is -0.377 e. The lowest BCUT2D eigenvalue weighted by Gasteiger charge is -2.39.